The zero-order valence-corrected chi connectivity index (χ0v) is 9.77. The summed E-state index contributed by atoms with van der Waals surface area (Å²) < 4.78 is 0. The molecule has 0 radical (unpaired) electrons. The monoisotopic (exact) mass is 230 g/mol. The molecule has 5 nitrogen and oxygen atoms in total. The largest absolute Gasteiger partial charge is 0.481 e. The van der Waals surface area contributed by atoms with Crippen molar-refractivity contribution in [1.82, 2.24) is 0 Å². The van der Waals surface area contributed by atoms with Crippen LogP contribution in [0.1, 0.15) is 33.6 Å². The Morgan fingerprint density at radius 3 is 1.44 bits per heavy atom. The molecular weight excluding hydrogens is 212 g/mol. The molecule has 92 valence electrons. The molecule has 0 rings (SSSR count). The van der Waals surface area contributed by atoms with Gasteiger partial charge in [-0.1, -0.05) is 13.8 Å². The van der Waals surface area contributed by atoms with Gasteiger partial charge in [0.15, 0.2) is 0 Å². The lowest BCUT2D eigenvalue weighted by molar-refractivity contribution is -0.142. The third-order valence-electron chi connectivity index (χ3n) is 2.69. The first-order valence-electron chi connectivity index (χ1n) is 5.21. The van der Waals surface area contributed by atoms with Crippen LogP contribution in [0.3, 0.4) is 0 Å². The van der Waals surface area contributed by atoms with Crippen LogP contribution in [0, 0.1) is 17.8 Å². The Balaban J connectivity index is 4.45. The van der Waals surface area contributed by atoms with Crippen LogP contribution >= 0.6 is 0 Å². The molecule has 16 heavy (non-hydrogen) atoms. The van der Waals surface area contributed by atoms with E-state index in [1.54, 1.807) is 0 Å². The number of Topliss-reactive ketones (excluding diaryl/α,β-unsaturated/α-hetero) is 1. The molecule has 0 aromatic rings. The van der Waals surface area contributed by atoms with Gasteiger partial charge in [-0.3, -0.25) is 14.4 Å². The van der Waals surface area contributed by atoms with Crippen molar-refractivity contribution in [1.29, 1.82) is 0 Å². The molecule has 2 unspecified atom stereocenters. The maximum atomic E-state index is 11.3. The molecule has 0 heterocycles. The Morgan fingerprint density at radius 1 is 0.938 bits per heavy atom. The lowest BCUT2D eigenvalue weighted by Crippen LogP contribution is -2.23. The molecule has 0 aromatic carbocycles. The van der Waals surface area contributed by atoms with Gasteiger partial charge in [-0.2, -0.15) is 0 Å². The number of rotatable bonds is 7. The molecule has 0 saturated heterocycles. The normalized spacial score (nSPS) is 16.2. The highest BCUT2D eigenvalue weighted by Gasteiger charge is 2.25. The van der Waals surface area contributed by atoms with Crippen molar-refractivity contribution in [3.63, 3.8) is 0 Å². The number of ketones is 1. The van der Waals surface area contributed by atoms with Gasteiger partial charge in [0, 0.05) is 5.92 Å². The van der Waals surface area contributed by atoms with E-state index in [2.05, 4.69) is 0 Å². The molecule has 0 fully saturated rings. The summed E-state index contributed by atoms with van der Waals surface area (Å²) in [6.07, 6.45) is 0.393. The summed E-state index contributed by atoms with van der Waals surface area (Å²) in [6, 6.07) is 0. The van der Waals surface area contributed by atoms with Crippen molar-refractivity contribution in [3.8, 4) is 0 Å². The summed E-state index contributed by atoms with van der Waals surface area (Å²) in [5, 5.41) is 17.5. The lowest BCUT2D eigenvalue weighted by atomic mass is 9.86. The second-order valence-electron chi connectivity index (χ2n) is 4.26. The summed E-state index contributed by atoms with van der Waals surface area (Å²) in [7, 11) is 0. The van der Waals surface area contributed by atoms with Crippen LogP contribution in [0.2, 0.25) is 0 Å². The average Bonchev–Trinajstić information content (AvgIpc) is 2.15. The van der Waals surface area contributed by atoms with Crippen LogP contribution < -0.4 is 0 Å². The number of carboxylic acids is 2. The van der Waals surface area contributed by atoms with Gasteiger partial charge in [0.05, 0.1) is 11.8 Å². The molecule has 2 atom stereocenters. The summed E-state index contributed by atoms with van der Waals surface area (Å²) in [5.41, 5.74) is 0. The maximum Gasteiger partial charge on any atom is 0.306 e. The summed E-state index contributed by atoms with van der Waals surface area (Å²) in [4.78, 5) is 32.6. The second-order valence-corrected chi connectivity index (χ2v) is 4.26. The molecule has 0 aliphatic heterocycles. The van der Waals surface area contributed by atoms with Crippen molar-refractivity contribution >= 4 is 17.7 Å². The first-order valence-corrected chi connectivity index (χ1v) is 5.21. The summed E-state index contributed by atoms with van der Waals surface area (Å²) >= 11 is 0. The van der Waals surface area contributed by atoms with Crippen LogP contribution in [-0.4, -0.2) is 27.9 Å². The Labute approximate surface area is 94.5 Å². The topological polar surface area (TPSA) is 91.7 Å². The zero-order valence-electron chi connectivity index (χ0n) is 9.77. The summed E-state index contributed by atoms with van der Waals surface area (Å²) in [6.45, 7) is 4.40. The molecule has 5 heteroatoms. The van der Waals surface area contributed by atoms with Crippen molar-refractivity contribution in [2.75, 3.05) is 0 Å². The fourth-order valence-electron chi connectivity index (χ4n) is 1.48. The molecule has 0 amide bonds. The van der Waals surface area contributed by atoms with E-state index in [1.807, 2.05) is 0 Å². The van der Waals surface area contributed by atoms with Gasteiger partial charge < -0.3 is 10.2 Å². The fraction of sp³-hybridized carbons (Fsp3) is 0.727. The van der Waals surface area contributed by atoms with Crippen LogP contribution in [-0.2, 0) is 14.4 Å². The van der Waals surface area contributed by atoms with E-state index in [-0.39, 0.29) is 18.6 Å². The molecule has 2 N–H and O–H groups in total. The first-order chi connectivity index (χ1) is 7.25. The lowest BCUT2D eigenvalue weighted by Gasteiger charge is -2.18. The van der Waals surface area contributed by atoms with Crippen molar-refractivity contribution in [3.05, 3.63) is 0 Å². The number of aliphatic carboxylic acids is 2. The molecule has 0 saturated carbocycles. The van der Waals surface area contributed by atoms with Gasteiger partial charge in [0.25, 0.3) is 0 Å². The SMILES string of the molecule is CC(=O)C(CC(C)C(=O)O)CC(C)C(=O)O. The fourth-order valence-corrected chi connectivity index (χ4v) is 1.48. The van der Waals surface area contributed by atoms with Crippen molar-refractivity contribution < 1.29 is 24.6 Å². The quantitative estimate of drug-likeness (QED) is 0.690. The van der Waals surface area contributed by atoms with E-state index in [9.17, 15) is 14.4 Å². The minimum Gasteiger partial charge on any atom is -0.481 e. The minimum absolute atomic E-state index is 0.152. The van der Waals surface area contributed by atoms with Gasteiger partial charge in [-0.25, -0.2) is 0 Å². The smallest absolute Gasteiger partial charge is 0.306 e. The van der Waals surface area contributed by atoms with Gasteiger partial charge in [-0.15, -0.1) is 0 Å². The van der Waals surface area contributed by atoms with E-state index >= 15 is 0 Å². The summed E-state index contributed by atoms with van der Waals surface area (Å²) in [5.74, 6) is -3.83. The first kappa shape index (κ1) is 14.6. The Bertz CT molecular complexity index is 262. The minimum atomic E-state index is -0.964. The number of carboxylic acid groups (broad SMARTS) is 2. The molecule has 0 spiro atoms. The standard InChI is InChI=1S/C11H18O5/c1-6(10(13)14)4-9(8(3)12)5-7(2)11(15)16/h6-7,9H,4-5H2,1-3H3,(H,13,14)(H,15,16). The molecule has 0 aromatic heterocycles. The van der Waals surface area contributed by atoms with E-state index in [1.165, 1.54) is 20.8 Å². The van der Waals surface area contributed by atoms with Crippen LogP contribution in [0.25, 0.3) is 0 Å². The predicted octanol–water partition coefficient (Wildman–Crippen LogP) is 1.41. The maximum absolute atomic E-state index is 11.3. The van der Waals surface area contributed by atoms with Gasteiger partial charge in [0.1, 0.15) is 5.78 Å². The van der Waals surface area contributed by atoms with Gasteiger partial charge in [0.2, 0.25) is 0 Å². The molecule has 0 aliphatic rings. The highest BCUT2D eigenvalue weighted by Crippen LogP contribution is 2.21. The van der Waals surface area contributed by atoms with Crippen LogP contribution in [0.5, 0.6) is 0 Å². The van der Waals surface area contributed by atoms with E-state index in [4.69, 9.17) is 10.2 Å². The zero-order chi connectivity index (χ0) is 12.9. The number of hydrogen-bond acceptors (Lipinski definition) is 3. The number of carbonyl (C=O) groups is 3. The van der Waals surface area contributed by atoms with Crippen molar-refractivity contribution in [2.45, 2.75) is 33.6 Å². The number of carbonyl (C=O) groups excluding carboxylic acids is 1. The molecule has 0 bridgehead atoms. The van der Waals surface area contributed by atoms with Crippen molar-refractivity contribution in [2.24, 2.45) is 17.8 Å². The molecule has 0 aliphatic carbocycles. The van der Waals surface area contributed by atoms with E-state index in [0.29, 0.717) is 0 Å². The second kappa shape index (κ2) is 6.25. The highest BCUT2D eigenvalue weighted by molar-refractivity contribution is 5.80. The van der Waals surface area contributed by atoms with Gasteiger partial charge >= 0.3 is 11.9 Å². The average molecular weight is 230 g/mol. The Morgan fingerprint density at radius 2 is 1.25 bits per heavy atom. The highest BCUT2D eigenvalue weighted by atomic mass is 16.4. The Hall–Kier alpha value is -1.39. The third-order valence-corrected chi connectivity index (χ3v) is 2.69. The molecular formula is C11H18O5. The third kappa shape index (κ3) is 4.91. The van der Waals surface area contributed by atoms with Crippen LogP contribution in [0.15, 0.2) is 0 Å². The van der Waals surface area contributed by atoms with Crippen LogP contribution in [0.4, 0.5) is 0 Å². The van der Waals surface area contributed by atoms with E-state index in [0.717, 1.165) is 0 Å². The Kier molecular flexibility index (Phi) is 5.71. The van der Waals surface area contributed by atoms with E-state index < -0.39 is 29.7 Å². The van der Waals surface area contributed by atoms with Gasteiger partial charge in [-0.05, 0) is 19.8 Å². The predicted molar refractivity (Wildman–Crippen MR) is 57.0 cm³/mol. The number of hydrogen-bond donors (Lipinski definition) is 2.